The van der Waals surface area contributed by atoms with Crippen molar-refractivity contribution in [1.82, 2.24) is 14.7 Å². The van der Waals surface area contributed by atoms with Crippen LogP contribution in [-0.4, -0.2) is 32.7 Å². The lowest BCUT2D eigenvalue weighted by atomic mass is 10.1. The number of alkyl halides is 3. The number of amides is 1. The summed E-state index contributed by atoms with van der Waals surface area (Å²) in [7, 11) is 0. The molecule has 1 amide bonds. The van der Waals surface area contributed by atoms with Gasteiger partial charge in [0, 0.05) is 17.3 Å². The summed E-state index contributed by atoms with van der Waals surface area (Å²) in [5.74, 6) is 0.108. The average molecular weight is 543 g/mol. The summed E-state index contributed by atoms with van der Waals surface area (Å²) in [6.45, 7) is 1.70. The second-order valence-corrected chi connectivity index (χ2v) is 8.85. The fraction of sp³-hybridized carbons (Fsp3) is 0.136. The molecular weight excluding hydrogens is 528 g/mol. The highest BCUT2D eigenvalue weighted by molar-refractivity contribution is 7.99. The van der Waals surface area contributed by atoms with E-state index in [4.69, 9.17) is 27.7 Å². The molecule has 4 rings (SSSR count). The van der Waals surface area contributed by atoms with Gasteiger partial charge in [0.2, 0.25) is 5.91 Å². The average Bonchev–Trinajstić information content (AvgIpc) is 3.39. The molecule has 0 radical (unpaired) electrons. The van der Waals surface area contributed by atoms with E-state index in [2.05, 4.69) is 20.2 Å². The third-order valence-corrected chi connectivity index (χ3v) is 6.19. The fourth-order valence-electron chi connectivity index (χ4n) is 3.08. The first-order valence-corrected chi connectivity index (χ1v) is 11.6. The molecule has 1 N–H and O–H groups in total. The molecule has 2 heterocycles. The first-order valence-electron chi connectivity index (χ1n) is 9.84. The Kier molecular flexibility index (Phi) is 7.29. The SMILES string of the molecule is Cc1cc(NC(=O)CSc2ncc(-c3ccc(Cl)c(Cl)c3)n2-c2ccc(OC(F)(F)F)cc2)no1. The van der Waals surface area contributed by atoms with E-state index in [9.17, 15) is 18.0 Å². The topological polar surface area (TPSA) is 82.2 Å². The van der Waals surface area contributed by atoms with Crippen LogP contribution in [0.15, 0.2) is 64.4 Å². The zero-order valence-corrected chi connectivity index (χ0v) is 20.1. The van der Waals surface area contributed by atoms with Crippen LogP contribution in [0.25, 0.3) is 16.9 Å². The van der Waals surface area contributed by atoms with Gasteiger partial charge in [-0.3, -0.25) is 9.36 Å². The van der Waals surface area contributed by atoms with Crippen molar-refractivity contribution in [3.8, 4) is 22.7 Å². The Balaban J connectivity index is 1.64. The lowest BCUT2D eigenvalue weighted by Gasteiger charge is -2.14. The van der Waals surface area contributed by atoms with E-state index >= 15 is 0 Å². The fourth-order valence-corrected chi connectivity index (χ4v) is 4.17. The van der Waals surface area contributed by atoms with E-state index in [1.54, 1.807) is 42.0 Å². The van der Waals surface area contributed by atoms with Gasteiger partial charge in [-0.1, -0.05) is 46.2 Å². The van der Waals surface area contributed by atoms with Crippen LogP contribution in [0, 0.1) is 6.92 Å². The number of benzene rings is 2. The summed E-state index contributed by atoms with van der Waals surface area (Å²) in [6.07, 6.45) is -3.24. The number of carbonyl (C=O) groups is 1. The zero-order chi connectivity index (χ0) is 25.2. The molecule has 0 aliphatic heterocycles. The van der Waals surface area contributed by atoms with E-state index < -0.39 is 6.36 Å². The number of hydrogen-bond acceptors (Lipinski definition) is 6. The normalized spacial score (nSPS) is 11.5. The van der Waals surface area contributed by atoms with Gasteiger partial charge < -0.3 is 14.6 Å². The van der Waals surface area contributed by atoms with Crippen LogP contribution in [0.4, 0.5) is 19.0 Å². The quantitative estimate of drug-likeness (QED) is 0.259. The van der Waals surface area contributed by atoms with E-state index in [0.717, 1.165) is 11.8 Å². The number of ether oxygens (including phenoxy) is 1. The number of anilines is 1. The lowest BCUT2D eigenvalue weighted by molar-refractivity contribution is -0.274. The molecule has 2 aromatic carbocycles. The molecule has 0 aliphatic rings. The van der Waals surface area contributed by atoms with E-state index in [1.165, 1.54) is 24.3 Å². The summed E-state index contributed by atoms with van der Waals surface area (Å²) >= 11 is 13.3. The van der Waals surface area contributed by atoms with Crippen molar-refractivity contribution in [2.45, 2.75) is 18.4 Å². The van der Waals surface area contributed by atoms with Gasteiger partial charge in [-0.2, -0.15) is 0 Å². The molecule has 0 aliphatic carbocycles. The van der Waals surface area contributed by atoms with E-state index in [-0.39, 0.29) is 23.2 Å². The largest absolute Gasteiger partial charge is 0.573 e. The van der Waals surface area contributed by atoms with Crippen LogP contribution in [0.3, 0.4) is 0 Å². The monoisotopic (exact) mass is 542 g/mol. The van der Waals surface area contributed by atoms with Gasteiger partial charge in [-0.25, -0.2) is 4.98 Å². The number of thioether (sulfide) groups is 1. The molecular formula is C22H15Cl2F3N4O3S. The maximum atomic E-state index is 12.6. The van der Waals surface area contributed by atoms with E-state index in [0.29, 0.717) is 37.9 Å². The van der Waals surface area contributed by atoms with Crippen molar-refractivity contribution in [2.24, 2.45) is 0 Å². The van der Waals surface area contributed by atoms with Crippen molar-refractivity contribution < 1.29 is 27.2 Å². The highest BCUT2D eigenvalue weighted by atomic mass is 35.5. The molecule has 0 saturated carbocycles. The Morgan fingerprint density at radius 3 is 2.51 bits per heavy atom. The highest BCUT2D eigenvalue weighted by Crippen LogP contribution is 2.34. The predicted molar refractivity (Wildman–Crippen MR) is 126 cm³/mol. The summed E-state index contributed by atoms with van der Waals surface area (Å²) in [4.78, 5) is 16.8. The number of nitrogens with one attached hydrogen (secondary N) is 1. The minimum atomic E-state index is -4.81. The molecule has 0 spiro atoms. The summed E-state index contributed by atoms with van der Waals surface area (Å²) in [5.41, 5.74) is 1.74. The summed E-state index contributed by atoms with van der Waals surface area (Å²) < 4.78 is 48.2. The maximum absolute atomic E-state index is 12.6. The molecule has 0 saturated heterocycles. The molecule has 182 valence electrons. The number of hydrogen-bond donors (Lipinski definition) is 1. The second kappa shape index (κ2) is 10.2. The number of nitrogens with zero attached hydrogens (tertiary/aromatic N) is 3. The van der Waals surface area contributed by atoms with Crippen LogP contribution in [0.2, 0.25) is 10.0 Å². The van der Waals surface area contributed by atoms with Gasteiger partial charge in [0.15, 0.2) is 11.0 Å². The molecule has 0 bridgehead atoms. The lowest BCUT2D eigenvalue weighted by Crippen LogP contribution is -2.17. The van der Waals surface area contributed by atoms with Crippen molar-refractivity contribution in [3.63, 3.8) is 0 Å². The molecule has 13 heteroatoms. The zero-order valence-electron chi connectivity index (χ0n) is 17.8. The second-order valence-electron chi connectivity index (χ2n) is 7.09. The number of carbonyl (C=O) groups excluding carboxylic acids is 1. The Morgan fingerprint density at radius 1 is 1.14 bits per heavy atom. The van der Waals surface area contributed by atoms with Crippen LogP contribution in [0.1, 0.15) is 5.76 Å². The van der Waals surface area contributed by atoms with E-state index in [1.807, 2.05) is 0 Å². The smallest absolute Gasteiger partial charge is 0.406 e. The number of imidazole rings is 1. The Labute approximate surface area is 211 Å². The minimum Gasteiger partial charge on any atom is -0.406 e. The Hall–Kier alpha value is -3.15. The molecule has 7 nitrogen and oxygen atoms in total. The van der Waals surface area contributed by atoms with Gasteiger partial charge in [0.25, 0.3) is 0 Å². The number of aryl methyl sites for hydroxylation is 1. The van der Waals surface area contributed by atoms with Gasteiger partial charge in [-0.15, -0.1) is 13.2 Å². The molecule has 4 aromatic rings. The van der Waals surface area contributed by atoms with Crippen molar-refractivity contribution in [3.05, 3.63) is 70.5 Å². The van der Waals surface area contributed by atoms with Crippen LogP contribution >= 0.6 is 35.0 Å². The third kappa shape index (κ3) is 6.30. The third-order valence-electron chi connectivity index (χ3n) is 4.50. The minimum absolute atomic E-state index is 0.0149. The molecule has 0 atom stereocenters. The van der Waals surface area contributed by atoms with Gasteiger partial charge in [-0.05, 0) is 43.3 Å². The molecule has 35 heavy (non-hydrogen) atoms. The van der Waals surface area contributed by atoms with Gasteiger partial charge in [0.1, 0.15) is 11.5 Å². The predicted octanol–water partition coefficient (Wildman–Crippen LogP) is 6.77. The standard InChI is InChI=1S/C22H15Cl2F3N4O3S/c1-12-8-19(30-34-12)29-20(32)11-35-21-28-10-18(13-2-7-16(23)17(24)9-13)31(21)14-3-5-15(6-4-14)33-22(25,26)27/h2-10H,11H2,1H3,(H,29,30,32). The molecule has 0 unspecified atom stereocenters. The van der Waals surface area contributed by atoms with Crippen LogP contribution in [0.5, 0.6) is 5.75 Å². The van der Waals surface area contributed by atoms with Crippen molar-refractivity contribution in [2.75, 3.05) is 11.1 Å². The van der Waals surface area contributed by atoms with Crippen LogP contribution < -0.4 is 10.1 Å². The van der Waals surface area contributed by atoms with Gasteiger partial charge in [0.05, 0.1) is 27.7 Å². The molecule has 0 fully saturated rings. The first kappa shape index (κ1) is 25.0. The van der Waals surface area contributed by atoms with Crippen LogP contribution in [-0.2, 0) is 4.79 Å². The highest BCUT2D eigenvalue weighted by Gasteiger charge is 2.31. The summed E-state index contributed by atoms with van der Waals surface area (Å²) in [5, 5.41) is 7.44. The number of aromatic nitrogens is 3. The summed E-state index contributed by atoms with van der Waals surface area (Å²) in [6, 6.07) is 11.9. The maximum Gasteiger partial charge on any atom is 0.573 e. The number of halogens is 5. The number of rotatable bonds is 7. The Morgan fingerprint density at radius 2 is 1.89 bits per heavy atom. The Bertz CT molecular complexity index is 1360. The van der Waals surface area contributed by atoms with Crippen molar-refractivity contribution in [1.29, 1.82) is 0 Å². The molecule has 2 aromatic heterocycles. The van der Waals surface area contributed by atoms with Gasteiger partial charge >= 0.3 is 6.36 Å². The van der Waals surface area contributed by atoms with Crippen molar-refractivity contribution >= 4 is 46.7 Å². The first-order chi connectivity index (χ1) is 16.6.